The predicted molar refractivity (Wildman–Crippen MR) is 122 cm³/mol. The summed E-state index contributed by atoms with van der Waals surface area (Å²) in [5.74, 6) is 0.845. The highest BCUT2D eigenvalue weighted by Gasteiger charge is 2.26. The first kappa shape index (κ1) is 23.3. The highest BCUT2D eigenvalue weighted by molar-refractivity contribution is 6.02. The summed E-state index contributed by atoms with van der Waals surface area (Å²) in [7, 11) is 0. The molecule has 2 aromatic rings. The Kier molecular flexibility index (Phi) is 8.25. The molecule has 0 atom stereocenters. The molecule has 0 fully saturated rings. The van der Waals surface area contributed by atoms with Gasteiger partial charge < -0.3 is 19.7 Å². The first-order chi connectivity index (χ1) is 15.5. The van der Waals surface area contributed by atoms with Gasteiger partial charge in [-0.1, -0.05) is 32.0 Å². The predicted octanol–water partition coefficient (Wildman–Crippen LogP) is 3.54. The molecule has 0 radical (unpaired) electrons. The van der Waals surface area contributed by atoms with Crippen LogP contribution in [-0.2, 0) is 16.0 Å². The molecule has 2 amide bonds. The maximum absolute atomic E-state index is 12.8. The van der Waals surface area contributed by atoms with E-state index in [2.05, 4.69) is 5.32 Å². The first-order valence-electron chi connectivity index (χ1n) is 11.1. The number of hydrogen-bond donors (Lipinski definition) is 1. The van der Waals surface area contributed by atoms with Gasteiger partial charge in [0.2, 0.25) is 5.91 Å². The number of para-hydroxylation sites is 1. The van der Waals surface area contributed by atoms with Crippen LogP contribution < -0.4 is 19.7 Å². The largest absolute Gasteiger partial charge is 0.485 e. The van der Waals surface area contributed by atoms with E-state index in [0.717, 1.165) is 18.4 Å². The summed E-state index contributed by atoms with van der Waals surface area (Å²) in [4.78, 5) is 38.7. The van der Waals surface area contributed by atoms with Gasteiger partial charge in [-0.05, 0) is 49.1 Å². The Labute approximate surface area is 188 Å². The summed E-state index contributed by atoms with van der Waals surface area (Å²) >= 11 is 0. The lowest BCUT2D eigenvalue weighted by Gasteiger charge is -2.29. The van der Waals surface area contributed by atoms with Crippen molar-refractivity contribution < 1.29 is 23.9 Å². The van der Waals surface area contributed by atoms with Crippen LogP contribution >= 0.6 is 0 Å². The highest BCUT2D eigenvalue weighted by Crippen LogP contribution is 2.33. The molecule has 3 rings (SSSR count). The summed E-state index contributed by atoms with van der Waals surface area (Å²) < 4.78 is 11.3. The van der Waals surface area contributed by atoms with E-state index < -0.39 is 0 Å². The molecule has 0 aromatic heterocycles. The van der Waals surface area contributed by atoms with Crippen molar-refractivity contribution >= 4 is 23.3 Å². The quantitative estimate of drug-likeness (QED) is 0.543. The van der Waals surface area contributed by atoms with Crippen LogP contribution in [0, 0.1) is 0 Å². The number of ether oxygens (including phenoxy) is 2. The number of amides is 2. The third-order valence-electron chi connectivity index (χ3n) is 5.29. The van der Waals surface area contributed by atoms with E-state index in [1.54, 1.807) is 23.1 Å². The smallest absolute Gasteiger partial charge is 0.265 e. The summed E-state index contributed by atoms with van der Waals surface area (Å²) in [6, 6.07) is 12.7. The fraction of sp³-hybridized carbons (Fsp3) is 0.400. The van der Waals surface area contributed by atoms with E-state index in [1.165, 1.54) is 0 Å². The zero-order chi connectivity index (χ0) is 22.9. The number of rotatable bonds is 11. The Hall–Kier alpha value is -3.35. The summed E-state index contributed by atoms with van der Waals surface area (Å²) in [5, 5.41) is 2.83. The van der Waals surface area contributed by atoms with Gasteiger partial charge in [0.05, 0.1) is 5.69 Å². The molecule has 2 aromatic carbocycles. The van der Waals surface area contributed by atoms with Crippen molar-refractivity contribution in [3.63, 3.8) is 0 Å². The topological polar surface area (TPSA) is 84.9 Å². The second kappa shape index (κ2) is 11.3. The SMILES string of the molecule is CCCNC(=O)CCCN1C(=O)COc2ccc(C(=O)COc3ccccc3CC)cc21. The van der Waals surface area contributed by atoms with Crippen LogP contribution in [0.2, 0.25) is 0 Å². The molecule has 1 aliphatic heterocycles. The molecule has 170 valence electrons. The van der Waals surface area contributed by atoms with Crippen LogP contribution in [0.1, 0.15) is 49.0 Å². The van der Waals surface area contributed by atoms with Gasteiger partial charge >= 0.3 is 0 Å². The number of Topliss-reactive ketones (excluding diaryl/α,β-unsaturated/α-hetero) is 1. The van der Waals surface area contributed by atoms with Crippen molar-refractivity contribution in [2.75, 3.05) is 31.2 Å². The zero-order valence-corrected chi connectivity index (χ0v) is 18.7. The number of nitrogens with zero attached hydrogens (tertiary/aromatic N) is 1. The number of nitrogens with one attached hydrogen (secondary N) is 1. The molecule has 0 saturated carbocycles. The number of ketones is 1. The van der Waals surface area contributed by atoms with Gasteiger partial charge in [0.1, 0.15) is 11.5 Å². The number of hydrogen-bond acceptors (Lipinski definition) is 5. The number of aryl methyl sites for hydroxylation is 1. The minimum atomic E-state index is -0.191. The molecule has 1 aliphatic rings. The summed E-state index contributed by atoms with van der Waals surface area (Å²) in [5.41, 5.74) is 2.04. The van der Waals surface area contributed by atoms with E-state index in [1.807, 2.05) is 38.1 Å². The Morgan fingerprint density at radius 1 is 1.16 bits per heavy atom. The number of fused-ring (bicyclic) bond motifs is 1. The third-order valence-corrected chi connectivity index (χ3v) is 5.29. The van der Waals surface area contributed by atoms with Crippen molar-refractivity contribution in [2.24, 2.45) is 0 Å². The summed E-state index contributed by atoms with van der Waals surface area (Å²) in [6.45, 7) is 4.91. The van der Waals surface area contributed by atoms with Gasteiger partial charge in [0, 0.05) is 25.1 Å². The van der Waals surface area contributed by atoms with Gasteiger partial charge in [0.25, 0.3) is 5.91 Å². The maximum atomic E-state index is 12.8. The molecule has 0 spiro atoms. The molecular weight excluding hydrogens is 408 g/mol. The molecule has 0 unspecified atom stereocenters. The first-order valence-corrected chi connectivity index (χ1v) is 11.1. The molecular formula is C25H30N2O5. The molecule has 32 heavy (non-hydrogen) atoms. The van der Waals surface area contributed by atoms with Crippen LogP contribution in [-0.4, -0.2) is 43.9 Å². The fourth-order valence-electron chi connectivity index (χ4n) is 3.53. The van der Waals surface area contributed by atoms with Gasteiger partial charge in [-0.3, -0.25) is 14.4 Å². The highest BCUT2D eigenvalue weighted by atomic mass is 16.5. The van der Waals surface area contributed by atoms with Crippen molar-refractivity contribution in [2.45, 2.75) is 39.5 Å². The van der Waals surface area contributed by atoms with E-state index in [4.69, 9.17) is 9.47 Å². The number of benzene rings is 2. The Morgan fingerprint density at radius 2 is 1.97 bits per heavy atom. The molecule has 1 heterocycles. The van der Waals surface area contributed by atoms with Crippen LogP contribution in [0.4, 0.5) is 5.69 Å². The molecule has 0 bridgehead atoms. The monoisotopic (exact) mass is 438 g/mol. The molecule has 0 aliphatic carbocycles. The number of carbonyl (C=O) groups is 3. The van der Waals surface area contributed by atoms with Gasteiger partial charge in [-0.15, -0.1) is 0 Å². The maximum Gasteiger partial charge on any atom is 0.265 e. The van der Waals surface area contributed by atoms with Crippen molar-refractivity contribution in [3.05, 3.63) is 53.6 Å². The van der Waals surface area contributed by atoms with Crippen LogP contribution in [0.15, 0.2) is 42.5 Å². The van der Waals surface area contributed by atoms with E-state index in [-0.39, 0.29) is 30.8 Å². The van der Waals surface area contributed by atoms with Crippen molar-refractivity contribution in [1.29, 1.82) is 0 Å². The number of anilines is 1. The minimum Gasteiger partial charge on any atom is -0.485 e. The Bertz CT molecular complexity index is 973. The molecule has 0 saturated heterocycles. The Balaban J connectivity index is 1.67. The van der Waals surface area contributed by atoms with E-state index in [0.29, 0.717) is 48.7 Å². The third kappa shape index (κ3) is 5.87. The zero-order valence-electron chi connectivity index (χ0n) is 18.7. The lowest BCUT2D eigenvalue weighted by atomic mass is 10.1. The van der Waals surface area contributed by atoms with Gasteiger partial charge in [-0.25, -0.2) is 0 Å². The molecule has 1 N–H and O–H groups in total. The van der Waals surface area contributed by atoms with Crippen LogP contribution in [0.25, 0.3) is 0 Å². The average Bonchev–Trinajstić information content (AvgIpc) is 2.82. The summed E-state index contributed by atoms with van der Waals surface area (Å²) in [6.07, 6.45) is 2.55. The van der Waals surface area contributed by atoms with E-state index in [9.17, 15) is 14.4 Å². The number of carbonyl (C=O) groups excluding carboxylic acids is 3. The average molecular weight is 439 g/mol. The standard InChI is InChI=1S/C25H30N2O5/c1-3-13-26-24(29)10-7-14-27-20-15-19(11-12-23(20)32-17-25(27)30)21(28)16-31-22-9-6-5-8-18(22)4-2/h5-6,8-9,11-12,15H,3-4,7,10,13-14,16-17H2,1-2H3,(H,26,29). The van der Waals surface area contributed by atoms with Gasteiger partial charge in [-0.2, -0.15) is 0 Å². The lowest BCUT2D eigenvalue weighted by Crippen LogP contribution is -2.40. The van der Waals surface area contributed by atoms with Crippen molar-refractivity contribution in [1.82, 2.24) is 5.32 Å². The molecule has 7 heteroatoms. The minimum absolute atomic E-state index is 0.0266. The van der Waals surface area contributed by atoms with E-state index >= 15 is 0 Å². The van der Waals surface area contributed by atoms with Crippen LogP contribution in [0.3, 0.4) is 0 Å². The fourth-order valence-corrected chi connectivity index (χ4v) is 3.53. The van der Waals surface area contributed by atoms with Crippen molar-refractivity contribution in [3.8, 4) is 11.5 Å². The van der Waals surface area contributed by atoms with Gasteiger partial charge in [0.15, 0.2) is 19.0 Å². The Morgan fingerprint density at radius 3 is 2.75 bits per heavy atom. The second-order valence-electron chi connectivity index (χ2n) is 7.64. The molecule has 7 nitrogen and oxygen atoms in total. The van der Waals surface area contributed by atoms with Crippen LogP contribution in [0.5, 0.6) is 11.5 Å². The second-order valence-corrected chi connectivity index (χ2v) is 7.64. The normalized spacial score (nSPS) is 12.7. The lowest BCUT2D eigenvalue weighted by molar-refractivity contribution is -0.122.